The van der Waals surface area contributed by atoms with Crippen molar-refractivity contribution in [2.75, 3.05) is 18.4 Å². The van der Waals surface area contributed by atoms with Crippen molar-refractivity contribution in [3.63, 3.8) is 0 Å². The Hall–Kier alpha value is -1.77. The third-order valence-electron chi connectivity index (χ3n) is 5.04. The second kappa shape index (κ2) is 9.15. The van der Waals surface area contributed by atoms with Crippen LogP contribution in [0.2, 0.25) is 0 Å². The number of nitrogens with one attached hydrogen (secondary N) is 1. The third kappa shape index (κ3) is 5.18. The molecule has 1 fully saturated rings. The number of thiazole rings is 1. The van der Waals surface area contributed by atoms with Crippen LogP contribution in [0, 0.1) is 13.8 Å². The van der Waals surface area contributed by atoms with Crippen molar-refractivity contribution in [2.24, 2.45) is 0 Å². The number of carbonyl (C=O) groups excluding carboxylic acids is 1. The molecule has 2 heterocycles. The summed E-state index contributed by atoms with van der Waals surface area (Å²) < 4.78 is 27.2. The molecular weight excluding hydrogens is 394 g/mol. The van der Waals surface area contributed by atoms with Crippen LogP contribution in [0.4, 0.5) is 5.13 Å². The standard InChI is InChI=1S/C20H27N3O3S2/c1-15-16(2)27-20(21-15)22-19(24)12-9-17-7-10-18(11-8-17)28(25,26)23-13-5-3-4-6-14-23/h7-8,10-11H,3-6,9,12-14H2,1-2H3,(H,21,22,24). The predicted molar refractivity (Wildman–Crippen MR) is 112 cm³/mol. The second-order valence-electron chi connectivity index (χ2n) is 7.17. The average Bonchev–Trinajstić information content (AvgIpc) is 2.87. The molecule has 28 heavy (non-hydrogen) atoms. The summed E-state index contributed by atoms with van der Waals surface area (Å²) >= 11 is 1.47. The molecule has 6 nitrogen and oxygen atoms in total. The number of nitrogens with zero attached hydrogens (tertiary/aromatic N) is 2. The van der Waals surface area contributed by atoms with Crippen LogP contribution in [0.25, 0.3) is 0 Å². The largest absolute Gasteiger partial charge is 0.302 e. The van der Waals surface area contributed by atoms with Crippen LogP contribution in [0.1, 0.15) is 48.2 Å². The minimum atomic E-state index is -3.43. The van der Waals surface area contributed by atoms with E-state index in [2.05, 4.69) is 10.3 Å². The van der Waals surface area contributed by atoms with E-state index >= 15 is 0 Å². The molecule has 0 bridgehead atoms. The monoisotopic (exact) mass is 421 g/mol. The highest BCUT2D eigenvalue weighted by Crippen LogP contribution is 2.22. The van der Waals surface area contributed by atoms with E-state index < -0.39 is 10.0 Å². The maximum atomic E-state index is 12.8. The van der Waals surface area contributed by atoms with Crippen LogP contribution >= 0.6 is 11.3 Å². The lowest BCUT2D eigenvalue weighted by molar-refractivity contribution is -0.116. The first-order valence-corrected chi connectivity index (χ1v) is 11.9. The molecule has 0 aliphatic carbocycles. The van der Waals surface area contributed by atoms with Crippen LogP contribution in [0.15, 0.2) is 29.2 Å². The lowest BCUT2D eigenvalue weighted by Crippen LogP contribution is -2.31. The summed E-state index contributed by atoms with van der Waals surface area (Å²) in [6.07, 6.45) is 4.91. The first-order valence-electron chi connectivity index (χ1n) is 9.69. The molecular formula is C20H27N3O3S2. The number of aromatic nitrogens is 1. The summed E-state index contributed by atoms with van der Waals surface area (Å²) in [5.41, 5.74) is 1.87. The van der Waals surface area contributed by atoms with Crippen LogP contribution < -0.4 is 5.32 Å². The van der Waals surface area contributed by atoms with Crippen molar-refractivity contribution in [2.45, 2.75) is 57.3 Å². The fourth-order valence-corrected chi connectivity index (χ4v) is 5.57. The van der Waals surface area contributed by atoms with Gasteiger partial charge in [0.15, 0.2) is 5.13 Å². The molecule has 0 spiro atoms. The van der Waals surface area contributed by atoms with Gasteiger partial charge in [0.05, 0.1) is 10.6 Å². The molecule has 1 aliphatic heterocycles. The van der Waals surface area contributed by atoms with Crippen molar-refractivity contribution in [1.82, 2.24) is 9.29 Å². The first-order chi connectivity index (χ1) is 13.4. The van der Waals surface area contributed by atoms with Crippen LogP contribution in [0.5, 0.6) is 0 Å². The molecule has 1 amide bonds. The summed E-state index contributed by atoms with van der Waals surface area (Å²) in [6.45, 7) is 5.09. The molecule has 0 unspecified atom stereocenters. The van der Waals surface area contributed by atoms with Gasteiger partial charge in [-0.1, -0.05) is 25.0 Å². The summed E-state index contributed by atoms with van der Waals surface area (Å²) in [5.74, 6) is -0.0879. The van der Waals surface area contributed by atoms with Gasteiger partial charge >= 0.3 is 0 Å². The Balaban J connectivity index is 1.57. The van der Waals surface area contributed by atoms with E-state index in [-0.39, 0.29) is 5.91 Å². The van der Waals surface area contributed by atoms with Gasteiger partial charge in [-0.25, -0.2) is 13.4 Å². The summed E-state index contributed by atoms with van der Waals surface area (Å²) in [4.78, 5) is 17.9. The van der Waals surface area contributed by atoms with Crippen molar-refractivity contribution in [1.29, 1.82) is 0 Å². The zero-order valence-corrected chi connectivity index (χ0v) is 18.0. The number of benzene rings is 1. The van der Waals surface area contributed by atoms with Gasteiger partial charge in [-0.2, -0.15) is 4.31 Å². The molecule has 0 atom stereocenters. The van der Waals surface area contributed by atoms with E-state index in [4.69, 9.17) is 0 Å². The van der Waals surface area contributed by atoms with Gasteiger partial charge in [0, 0.05) is 24.4 Å². The molecule has 8 heteroatoms. The maximum Gasteiger partial charge on any atom is 0.243 e. The Kier molecular flexibility index (Phi) is 6.85. The molecule has 0 saturated carbocycles. The van der Waals surface area contributed by atoms with E-state index in [1.165, 1.54) is 11.3 Å². The Labute approximate surface area is 171 Å². The van der Waals surface area contributed by atoms with Gasteiger partial charge in [0.2, 0.25) is 15.9 Å². The van der Waals surface area contributed by atoms with Gasteiger partial charge in [-0.05, 0) is 50.8 Å². The summed E-state index contributed by atoms with van der Waals surface area (Å²) in [6, 6.07) is 6.91. The normalized spacial score (nSPS) is 15.9. The number of rotatable bonds is 6. The number of carbonyl (C=O) groups is 1. The van der Waals surface area contributed by atoms with Crippen molar-refractivity contribution < 1.29 is 13.2 Å². The Morgan fingerprint density at radius 3 is 2.32 bits per heavy atom. The van der Waals surface area contributed by atoms with Gasteiger partial charge in [-0.3, -0.25) is 4.79 Å². The molecule has 152 valence electrons. The highest BCUT2D eigenvalue weighted by atomic mass is 32.2. The molecule has 1 aromatic heterocycles. The number of amides is 1. The van der Waals surface area contributed by atoms with E-state index in [0.717, 1.165) is 41.8 Å². The number of hydrogen-bond acceptors (Lipinski definition) is 5. The van der Waals surface area contributed by atoms with E-state index in [9.17, 15) is 13.2 Å². The predicted octanol–water partition coefficient (Wildman–Crippen LogP) is 3.90. The molecule has 1 aromatic carbocycles. The van der Waals surface area contributed by atoms with Crippen molar-refractivity contribution >= 4 is 32.4 Å². The molecule has 1 N–H and O–H groups in total. The van der Waals surface area contributed by atoms with Crippen LogP contribution in [-0.4, -0.2) is 36.7 Å². The summed E-state index contributed by atoms with van der Waals surface area (Å²) in [5, 5.41) is 3.45. The summed E-state index contributed by atoms with van der Waals surface area (Å²) in [7, 11) is -3.43. The minimum absolute atomic E-state index is 0.0879. The van der Waals surface area contributed by atoms with Crippen LogP contribution in [0.3, 0.4) is 0 Å². The smallest absolute Gasteiger partial charge is 0.243 e. The fraction of sp³-hybridized carbons (Fsp3) is 0.500. The first kappa shape index (κ1) is 21.0. The zero-order chi connectivity index (χ0) is 20.1. The van der Waals surface area contributed by atoms with Crippen molar-refractivity contribution in [3.05, 3.63) is 40.4 Å². The zero-order valence-electron chi connectivity index (χ0n) is 16.4. The van der Waals surface area contributed by atoms with Crippen molar-refractivity contribution in [3.8, 4) is 0 Å². The van der Waals surface area contributed by atoms with E-state index in [0.29, 0.717) is 36.0 Å². The Bertz CT molecular complexity index is 893. The lowest BCUT2D eigenvalue weighted by atomic mass is 10.1. The lowest BCUT2D eigenvalue weighted by Gasteiger charge is -2.20. The van der Waals surface area contributed by atoms with Gasteiger partial charge < -0.3 is 5.32 Å². The van der Waals surface area contributed by atoms with E-state index in [1.807, 2.05) is 13.8 Å². The second-order valence-corrected chi connectivity index (χ2v) is 10.3. The molecule has 1 saturated heterocycles. The fourth-order valence-electron chi connectivity index (χ4n) is 3.23. The number of anilines is 1. The highest BCUT2D eigenvalue weighted by Gasteiger charge is 2.24. The molecule has 2 aromatic rings. The van der Waals surface area contributed by atoms with Crippen LogP contribution in [-0.2, 0) is 21.2 Å². The molecule has 0 radical (unpaired) electrons. The number of hydrogen-bond donors (Lipinski definition) is 1. The minimum Gasteiger partial charge on any atom is -0.302 e. The number of sulfonamides is 1. The third-order valence-corrected chi connectivity index (χ3v) is 7.94. The highest BCUT2D eigenvalue weighted by molar-refractivity contribution is 7.89. The van der Waals surface area contributed by atoms with Gasteiger partial charge in [0.1, 0.15) is 0 Å². The van der Waals surface area contributed by atoms with Gasteiger partial charge in [0.25, 0.3) is 0 Å². The SMILES string of the molecule is Cc1nc(NC(=O)CCc2ccc(S(=O)(=O)N3CCCCCC3)cc2)sc1C. The number of aryl methyl sites for hydroxylation is 3. The molecule has 3 rings (SSSR count). The van der Waals surface area contributed by atoms with Gasteiger partial charge in [-0.15, -0.1) is 11.3 Å². The maximum absolute atomic E-state index is 12.8. The van der Waals surface area contributed by atoms with E-state index in [1.54, 1.807) is 28.6 Å². The Morgan fingerprint density at radius 1 is 1.11 bits per heavy atom. The topological polar surface area (TPSA) is 79.4 Å². The average molecular weight is 422 g/mol. The quantitative estimate of drug-likeness (QED) is 0.767. The Morgan fingerprint density at radius 2 is 1.75 bits per heavy atom. The molecule has 1 aliphatic rings.